The molecule has 1 aliphatic rings. The second-order valence-electron chi connectivity index (χ2n) is 4.59. The number of piperidine rings is 1. The number of hydrogen-bond acceptors (Lipinski definition) is 6. The molecule has 1 aromatic heterocycles. The molecule has 2 heterocycles. The van der Waals surface area contributed by atoms with Gasteiger partial charge in [-0.2, -0.15) is 4.37 Å². The van der Waals surface area contributed by atoms with E-state index in [0.717, 1.165) is 37.5 Å². The van der Waals surface area contributed by atoms with Crippen molar-refractivity contribution in [2.75, 3.05) is 25.0 Å². The van der Waals surface area contributed by atoms with E-state index in [9.17, 15) is 9.59 Å². The smallest absolute Gasteiger partial charge is 0.340 e. The largest absolute Gasteiger partial charge is 0.478 e. The molecule has 0 bridgehead atoms. The SMILES string of the molecule is Cc1nsc(NC(=O)COC2CCNCC2)c1C(=O)O. The van der Waals surface area contributed by atoms with Gasteiger partial charge in [0.1, 0.15) is 17.2 Å². The molecule has 0 spiro atoms. The molecule has 2 rings (SSSR count). The van der Waals surface area contributed by atoms with Crippen LogP contribution in [0.1, 0.15) is 28.9 Å². The Morgan fingerprint density at radius 1 is 1.50 bits per heavy atom. The average Bonchev–Trinajstić information content (AvgIpc) is 2.78. The van der Waals surface area contributed by atoms with Crippen molar-refractivity contribution < 1.29 is 19.4 Å². The fourth-order valence-electron chi connectivity index (χ4n) is 2.03. The zero-order valence-corrected chi connectivity index (χ0v) is 12.0. The van der Waals surface area contributed by atoms with E-state index >= 15 is 0 Å². The number of aromatic carboxylic acids is 1. The summed E-state index contributed by atoms with van der Waals surface area (Å²) >= 11 is 0.966. The molecule has 0 saturated carbocycles. The van der Waals surface area contributed by atoms with E-state index in [-0.39, 0.29) is 29.2 Å². The predicted octanol–water partition coefficient (Wildman–Crippen LogP) is 0.857. The molecule has 0 radical (unpaired) electrons. The number of hydrogen-bond donors (Lipinski definition) is 3. The van der Waals surface area contributed by atoms with Crippen molar-refractivity contribution in [2.45, 2.75) is 25.9 Å². The molecular weight excluding hydrogens is 282 g/mol. The van der Waals surface area contributed by atoms with Gasteiger partial charge in [-0.1, -0.05) is 0 Å². The highest BCUT2D eigenvalue weighted by Crippen LogP contribution is 2.24. The molecule has 1 aliphatic heterocycles. The number of anilines is 1. The molecule has 1 fully saturated rings. The molecular formula is C12H17N3O4S. The fraction of sp³-hybridized carbons (Fsp3) is 0.583. The highest BCUT2D eigenvalue weighted by molar-refractivity contribution is 7.11. The van der Waals surface area contributed by atoms with Gasteiger partial charge in [-0.15, -0.1) is 0 Å². The number of nitrogens with zero attached hydrogens (tertiary/aromatic N) is 1. The zero-order valence-electron chi connectivity index (χ0n) is 11.1. The van der Waals surface area contributed by atoms with E-state index < -0.39 is 5.97 Å². The van der Waals surface area contributed by atoms with Gasteiger partial charge in [0, 0.05) is 0 Å². The average molecular weight is 299 g/mol. The third-order valence-corrected chi connectivity index (χ3v) is 3.92. The van der Waals surface area contributed by atoms with Gasteiger partial charge in [-0.25, -0.2) is 4.79 Å². The van der Waals surface area contributed by atoms with E-state index in [0.29, 0.717) is 5.69 Å². The number of nitrogens with one attached hydrogen (secondary N) is 2. The number of carbonyl (C=O) groups is 2. The molecule has 1 saturated heterocycles. The van der Waals surface area contributed by atoms with Crippen molar-refractivity contribution in [3.63, 3.8) is 0 Å². The van der Waals surface area contributed by atoms with Crippen molar-refractivity contribution in [1.82, 2.24) is 9.69 Å². The minimum atomic E-state index is -1.09. The Morgan fingerprint density at radius 3 is 2.85 bits per heavy atom. The van der Waals surface area contributed by atoms with E-state index in [2.05, 4.69) is 15.0 Å². The van der Waals surface area contributed by atoms with Crippen LogP contribution in [0.4, 0.5) is 5.00 Å². The Morgan fingerprint density at radius 2 is 2.20 bits per heavy atom. The van der Waals surface area contributed by atoms with Crippen LogP contribution in [0.25, 0.3) is 0 Å². The Bertz CT molecular complexity index is 497. The topological polar surface area (TPSA) is 101 Å². The summed E-state index contributed by atoms with van der Waals surface area (Å²) in [6.07, 6.45) is 1.85. The van der Waals surface area contributed by atoms with Crippen LogP contribution >= 0.6 is 11.5 Å². The third-order valence-electron chi connectivity index (χ3n) is 3.07. The first-order valence-electron chi connectivity index (χ1n) is 6.39. The number of aromatic nitrogens is 1. The van der Waals surface area contributed by atoms with Crippen LogP contribution in [0.5, 0.6) is 0 Å². The highest BCUT2D eigenvalue weighted by atomic mass is 32.1. The first kappa shape index (κ1) is 14.9. The Kier molecular flexibility index (Phi) is 5.05. The molecule has 3 N–H and O–H groups in total. The first-order valence-corrected chi connectivity index (χ1v) is 7.17. The van der Waals surface area contributed by atoms with Gasteiger partial charge in [-0.05, 0) is 44.4 Å². The maximum atomic E-state index is 11.8. The molecule has 1 aromatic rings. The van der Waals surface area contributed by atoms with E-state index in [1.807, 2.05) is 0 Å². The van der Waals surface area contributed by atoms with E-state index in [1.54, 1.807) is 6.92 Å². The van der Waals surface area contributed by atoms with Gasteiger partial charge in [0.05, 0.1) is 11.8 Å². The lowest BCUT2D eigenvalue weighted by molar-refractivity contribution is -0.123. The summed E-state index contributed by atoms with van der Waals surface area (Å²) in [4.78, 5) is 22.8. The van der Waals surface area contributed by atoms with Crippen molar-refractivity contribution >= 4 is 28.4 Å². The first-order chi connectivity index (χ1) is 9.58. The second-order valence-corrected chi connectivity index (χ2v) is 5.36. The van der Waals surface area contributed by atoms with Crippen LogP contribution in [0.3, 0.4) is 0 Å². The molecule has 0 aliphatic carbocycles. The Balaban J connectivity index is 1.86. The summed E-state index contributed by atoms with van der Waals surface area (Å²) in [7, 11) is 0. The lowest BCUT2D eigenvalue weighted by Crippen LogP contribution is -2.34. The predicted molar refractivity (Wildman–Crippen MR) is 74.3 cm³/mol. The van der Waals surface area contributed by atoms with Gasteiger partial charge >= 0.3 is 5.97 Å². The summed E-state index contributed by atoms with van der Waals surface area (Å²) in [5.74, 6) is -1.44. The summed E-state index contributed by atoms with van der Waals surface area (Å²) in [6, 6.07) is 0. The van der Waals surface area contributed by atoms with Crippen LogP contribution in [-0.2, 0) is 9.53 Å². The highest BCUT2D eigenvalue weighted by Gasteiger charge is 2.20. The summed E-state index contributed by atoms with van der Waals surface area (Å²) < 4.78 is 9.45. The Labute approximate surface area is 120 Å². The minimum absolute atomic E-state index is 0.0465. The van der Waals surface area contributed by atoms with Gasteiger partial charge in [0.15, 0.2) is 0 Å². The monoisotopic (exact) mass is 299 g/mol. The van der Waals surface area contributed by atoms with Gasteiger partial charge in [-0.3, -0.25) is 4.79 Å². The molecule has 110 valence electrons. The maximum Gasteiger partial charge on any atom is 0.340 e. The lowest BCUT2D eigenvalue weighted by atomic mass is 10.1. The molecule has 8 heteroatoms. The van der Waals surface area contributed by atoms with Crippen LogP contribution in [0.15, 0.2) is 0 Å². The zero-order chi connectivity index (χ0) is 14.5. The third kappa shape index (κ3) is 3.75. The number of aryl methyl sites for hydroxylation is 1. The molecule has 0 unspecified atom stereocenters. The van der Waals surface area contributed by atoms with Crippen molar-refractivity contribution in [3.05, 3.63) is 11.3 Å². The van der Waals surface area contributed by atoms with Crippen LogP contribution in [0, 0.1) is 6.92 Å². The molecule has 7 nitrogen and oxygen atoms in total. The lowest BCUT2D eigenvalue weighted by Gasteiger charge is -2.22. The van der Waals surface area contributed by atoms with Gasteiger partial charge in [0.25, 0.3) is 5.91 Å². The normalized spacial score (nSPS) is 16.1. The van der Waals surface area contributed by atoms with Gasteiger partial charge < -0.3 is 20.5 Å². The van der Waals surface area contributed by atoms with Crippen LogP contribution in [-0.4, -0.2) is 47.2 Å². The number of ether oxygens (including phenoxy) is 1. The Hall–Kier alpha value is -1.51. The summed E-state index contributed by atoms with van der Waals surface area (Å²) in [6.45, 7) is 3.31. The molecule has 0 atom stereocenters. The number of carbonyl (C=O) groups excluding carboxylic acids is 1. The number of amides is 1. The molecule has 20 heavy (non-hydrogen) atoms. The summed E-state index contributed by atoms with van der Waals surface area (Å²) in [5.41, 5.74) is 0.447. The number of rotatable bonds is 5. The van der Waals surface area contributed by atoms with Crippen LogP contribution in [0.2, 0.25) is 0 Å². The van der Waals surface area contributed by atoms with Crippen molar-refractivity contribution in [3.8, 4) is 0 Å². The standard InChI is InChI=1S/C12H17N3O4S/c1-7-10(12(17)18)11(20-15-7)14-9(16)6-19-8-2-4-13-5-3-8/h8,13H,2-6H2,1H3,(H,14,16)(H,17,18). The second kappa shape index (κ2) is 6.78. The van der Waals surface area contributed by atoms with Crippen LogP contribution < -0.4 is 10.6 Å². The van der Waals surface area contributed by atoms with Gasteiger partial charge in [0.2, 0.25) is 0 Å². The van der Waals surface area contributed by atoms with Crippen molar-refractivity contribution in [2.24, 2.45) is 0 Å². The summed E-state index contributed by atoms with van der Waals surface area (Å²) in [5, 5.41) is 15.1. The molecule has 1 amide bonds. The number of carboxylic acids is 1. The van der Waals surface area contributed by atoms with E-state index in [4.69, 9.17) is 9.84 Å². The van der Waals surface area contributed by atoms with Crippen molar-refractivity contribution in [1.29, 1.82) is 0 Å². The minimum Gasteiger partial charge on any atom is -0.478 e. The molecule has 0 aromatic carbocycles. The maximum absolute atomic E-state index is 11.8. The fourth-order valence-corrected chi connectivity index (χ4v) is 2.83. The van der Waals surface area contributed by atoms with E-state index in [1.165, 1.54) is 0 Å². The number of carboxylic acid groups (broad SMARTS) is 1. The quantitative estimate of drug-likeness (QED) is 0.745.